The lowest BCUT2D eigenvalue weighted by Gasteiger charge is -2.22. The number of hydrogen-bond acceptors (Lipinski definition) is 3. The van der Waals surface area contributed by atoms with E-state index in [2.05, 4.69) is 17.6 Å². The fraction of sp³-hybridized carbons (Fsp3) is 0.529. The molecule has 1 heterocycles. The Morgan fingerprint density at radius 3 is 2.78 bits per heavy atom. The van der Waals surface area contributed by atoms with E-state index in [1.165, 1.54) is 0 Å². The molecule has 2 atom stereocenters. The van der Waals surface area contributed by atoms with Crippen molar-refractivity contribution in [1.29, 1.82) is 0 Å². The van der Waals surface area contributed by atoms with Gasteiger partial charge in [0.05, 0.1) is 0 Å². The molecule has 2 fully saturated rings. The van der Waals surface area contributed by atoms with Crippen LogP contribution in [0.25, 0.3) is 0 Å². The van der Waals surface area contributed by atoms with Crippen LogP contribution >= 0.6 is 0 Å². The molecule has 0 radical (unpaired) electrons. The molecule has 1 aromatic rings. The Hall–Kier alpha value is -2.08. The zero-order chi connectivity index (χ0) is 16.4. The Morgan fingerprint density at radius 2 is 2.13 bits per heavy atom. The van der Waals surface area contributed by atoms with Crippen molar-refractivity contribution in [2.75, 3.05) is 18.4 Å². The Kier molecular flexibility index (Phi) is 4.52. The number of nitrogens with zero attached hydrogens (tertiary/aromatic N) is 1. The minimum absolute atomic E-state index is 0.000277. The second-order valence-electron chi connectivity index (χ2n) is 6.60. The lowest BCUT2D eigenvalue weighted by atomic mass is 10.1. The summed E-state index contributed by atoms with van der Waals surface area (Å²) >= 11 is 0. The van der Waals surface area contributed by atoms with Gasteiger partial charge < -0.3 is 21.3 Å². The largest absolute Gasteiger partial charge is 0.336 e. The number of carbonyl (C=O) groups is 2. The second-order valence-corrected chi connectivity index (χ2v) is 6.60. The number of urea groups is 1. The maximum Gasteiger partial charge on any atom is 0.319 e. The Morgan fingerprint density at radius 1 is 1.35 bits per heavy atom. The van der Waals surface area contributed by atoms with E-state index in [9.17, 15) is 9.59 Å². The van der Waals surface area contributed by atoms with Crippen LogP contribution in [-0.2, 0) is 0 Å². The number of carbonyl (C=O) groups excluding carboxylic acids is 2. The summed E-state index contributed by atoms with van der Waals surface area (Å²) < 4.78 is 0. The summed E-state index contributed by atoms with van der Waals surface area (Å²) in [4.78, 5) is 26.4. The number of nitrogens with one attached hydrogen (secondary N) is 2. The molecule has 3 amide bonds. The lowest BCUT2D eigenvalue weighted by molar-refractivity contribution is 0.0743. The first-order chi connectivity index (χ1) is 11.1. The van der Waals surface area contributed by atoms with Gasteiger partial charge in [0.25, 0.3) is 5.91 Å². The minimum atomic E-state index is -0.213. The molecule has 0 aromatic heterocycles. The number of nitrogens with two attached hydrogens (primary N) is 1. The smallest absolute Gasteiger partial charge is 0.319 e. The molecule has 0 spiro atoms. The number of likely N-dealkylation sites (tertiary alicyclic amines) is 1. The molecule has 1 aromatic carbocycles. The van der Waals surface area contributed by atoms with Crippen molar-refractivity contribution in [3.05, 3.63) is 29.8 Å². The van der Waals surface area contributed by atoms with Gasteiger partial charge in [-0.05, 0) is 56.8 Å². The fourth-order valence-corrected chi connectivity index (χ4v) is 3.07. The Balaban J connectivity index is 1.66. The van der Waals surface area contributed by atoms with E-state index in [4.69, 9.17) is 5.73 Å². The van der Waals surface area contributed by atoms with Crippen molar-refractivity contribution >= 4 is 17.6 Å². The maximum absolute atomic E-state index is 12.7. The number of amides is 3. The molecule has 3 rings (SSSR count). The molecule has 124 valence electrons. The van der Waals surface area contributed by atoms with Gasteiger partial charge in [0.1, 0.15) is 0 Å². The third-order valence-electron chi connectivity index (χ3n) is 4.54. The Labute approximate surface area is 136 Å². The van der Waals surface area contributed by atoms with Crippen LogP contribution in [0.5, 0.6) is 0 Å². The summed E-state index contributed by atoms with van der Waals surface area (Å²) in [5.41, 5.74) is 6.96. The highest BCUT2D eigenvalue weighted by Crippen LogP contribution is 2.25. The minimum Gasteiger partial charge on any atom is -0.336 e. The third kappa shape index (κ3) is 3.82. The first-order valence-electron chi connectivity index (χ1n) is 8.25. The van der Waals surface area contributed by atoms with Crippen molar-refractivity contribution in [3.8, 4) is 0 Å². The summed E-state index contributed by atoms with van der Waals surface area (Å²) in [6.07, 6.45) is 3.03. The molecule has 4 N–H and O–H groups in total. The zero-order valence-corrected chi connectivity index (χ0v) is 13.4. The molecule has 1 aliphatic carbocycles. The van der Waals surface area contributed by atoms with Gasteiger partial charge >= 0.3 is 6.03 Å². The van der Waals surface area contributed by atoms with Crippen molar-refractivity contribution in [1.82, 2.24) is 10.2 Å². The van der Waals surface area contributed by atoms with Crippen LogP contribution in [0.3, 0.4) is 0 Å². The van der Waals surface area contributed by atoms with E-state index in [0.29, 0.717) is 36.3 Å². The van der Waals surface area contributed by atoms with Gasteiger partial charge in [-0.25, -0.2) is 4.79 Å². The van der Waals surface area contributed by atoms with E-state index >= 15 is 0 Å². The zero-order valence-electron chi connectivity index (χ0n) is 13.4. The standard InChI is InChI=1S/C17H24N4O2/c1-11-7-12(9-18)10-21(11)16(22)13-3-2-4-15(8-13)20-17(23)19-14-5-6-14/h2-4,8,11-12,14H,5-7,9-10,18H2,1H3,(H2,19,20,23). The third-order valence-corrected chi connectivity index (χ3v) is 4.54. The van der Waals surface area contributed by atoms with Gasteiger partial charge in [0.15, 0.2) is 0 Å². The highest BCUT2D eigenvalue weighted by molar-refractivity contribution is 5.97. The highest BCUT2D eigenvalue weighted by Gasteiger charge is 2.32. The number of rotatable bonds is 4. The SMILES string of the molecule is CC1CC(CN)CN1C(=O)c1cccc(NC(=O)NC2CC2)c1. The number of benzene rings is 1. The predicted octanol–water partition coefficient (Wildman–Crippen LogP) is 1.78. The summed E-state index contributed by atoms with van der Waals surface area (Å²) in [7, 11) is 0. The number of anilines is 1. The molecule has 1 saturated heterocycles. The normalized spacial score (nSPS) is 23.7. The number of hydrogen-bond donors (Lipinski definition) is 3. The van der Waals surface area contributed by atoms with E-state index in [0.717, 1.165) is 19.3 Å². The second kappa shape index (κ2) is 6.58. The van der Waals surface area contributed by atoms with Gasteiger partial charge in [0, 0.05) is 29.9 Å². The molecular formula is C17H24N4O2. The average Bonchev–Trinajstić information content (AvgIpc) is 3.26. The molecule has 1 aliphatic heterocycles. The van der Waals surface area contributed by atoms with E-state index < -0.39 is 0 Å². The fourth-order valence-electron chi connectivity index (χ4n) is 3.07. The van der Waals surface area contributed by atoms with E-state index in [-0.39, 0.29) is 18.0 Å². The summed E-state index contributed by atoms with van der Waals surface area (Å²) in [5, 5.41) is 5.66. The average molecular weight is 316 g/mol. The molecule has 23 heavy (non-hydrogen) atoms. The van der Waals surface area contributed by atoms with Crippen molar-refractivity contribution in [3.63, 3.8) is 0 Å². The van der Waals surface area contributed by atoms with E-state index in [1.54, 1.807) is 24.3 Å². The van der Waals surface area contributed by atoms with Gasteiger partial charge in [-0.2, -0.15) is 0 Å². The van der Waals surface area contributed by atoms with Gasteiger partial charge in [-0.3, -0.25) is 4.79 Å². The summed E-state index contributed by atoms with van der Waals surface area (Å²) in [6, 6.07) is 7.39. The first kappa shape index (κ1) is 15.8. The Bertz CT molecular complexity index is 600. The molecule has 2 unspecified atom stereocenters. The molecular weight excluding hydrogens is 292 g/mol. The molecule has 2 aliphatic rings. The van der Waals surface area contributed by atoms with Crippen LogP contribution in [0.1, 0.15) is 36.5 Å². The van der Waals surface area contributed by atoms with Crippen LogP contribution in [-0.4, -0.2) is 42.0 Å². The lowest BCUT2D eigenvalue weighted by Crippen LogP contribution is -2.34. The van der Waals surface area contributed by atoms with Crippen LogP contribution in [0.4, 0.5) is 10.5 Å². The van der Waals surface area contributed by atoms with Gasteiger partial charge in [0.2, 0.25) is 0 Å². The van der Waals surface area contributed by atoms with Gasteiger partial charge in [-0.15, -0.1) is 0 Å². The van der Waals surface area contributed by atoms with Crippen molar-refractivity contribution in [2.45, 2.75) is 38.3 Å². The summed E-state index contributed by atoms with van der Waals surface area (Å²) in [5.74, 6) is 0.374. The quantitative estimate of drug-likeness (QED) is 0.791. The van der Waals surface area contributed by atoms with Crippen molar-refractivity contribution < 1.29 is 9.59 Å². The molecule has 6 nitrogen and oxygen atoms in total. The topological polar surface area (TPSA) is 87.5 Å². The van der Waals surface area contributed by atoms with Crippen LogP contribution in [0.15, 0.2) is 24.3 Å². The maximum atomic E-state index is 12.7. The predicted molar refractivity (Wildman–Crippen MR) is 89.3 cm³/mol. The van der Waals surface area contributed by atoms with Crippen LogP contribution in [0, 0.1) is 5.92 Å². The van der Waals surface area contributed by atoms with Crippen molar-refractivity contribution in [2.24, 2.45) is 11.7 Å². The molecule has 0 bridgehead atoms. The van der Waals surface area contributed by atoms with Crippen LogP contribution in [0.2, 0.25) is 0 Å². The first-order valence-corrected chi connectivity index (χ1v) is 8.25. The van der Waals surface area contributed by atoms with Gasteiger partial charge in [-0.1, -0.05) is 6.07 Å². The molecule has 1 saturated carbocycles. The summed E-state index contributed by atoms with van der Waals surface area (Å²) in [6.45, 7) is 3.37. The monoisotopic (exact) mass is 316 g/mol. The molecule has 6 heteroatoms. The highest BCUT2D eigenvalue weighted by atomic mass is 16.2. The van der Waals surface area contributed by atoms with Crippen LogP contribution < -0.4 is 16.4 Å². The van der Waals surface area contributed by atoms with E-state index in [1.807, 2.05) is 4.90 Å².